The van der Waals surface area contributed by atoms with Crippen LogP contribution in [0.1, 0.15) is 20.3 Å². The van der Waals surface area contributed by atoms with Gasteiger partial charge in [0.25, 0.3) is 0 Å². The van der Waals surface area contributed by atoms with Gasteiger partial charge in [-0.05, 0) is 23.9 Å². The van der Waals surface area contributed by atoms with Gasteiger partial charge in [-0.15, -0.1) is 11.6 Å². The van der Waals surface area contributed by atoms with Crippen molar-refractivity contribution < 1.29 is 9.59 Å². The van der Waals surface area contributed by atoms with Gasteiger partial charge in [-0.25, -0.2) is 0 Å². The molecule has 0 aliphatic rings. The van der Waals surface area contributed by atoms with Gasteiger partial charge < -0.3 is 0 Å². The lowest BCUT2D eigenvalue weighted by molar-refractivity contribution is -0.125. The molecule has 0 fully saturated rings. The molecule has 0 aromatic heterocycles. The minimum atomic E-state index is -0.758. The second-order valence-corrected chi connectivity index (χ2v) is 3.71. The normalized spacial score (nSPS) is 10.2. The van der Waals surface area contributed by atoms with E-state index in [-0.39, 0.29) is 5.88 Å². The predicted molar refractivity (Wildman–Crippen MR) is 53.1 cm³/mol. The van der Waals surface area contributed by atoms with Crippen LogP contribution in [0, 0.1) is 5.92 Å². The number of rotatable bonds is 4. The summed E-state index contributed by atoms with van der Waals surface area (Å²) in [6, 6.07) is 0. The Morgan fingerprint density at radius 2 is 1.92 bits per heavy atom. The van der Waals surface area contributed by atoms with Gasteiger partial charge in [-0.1, -0.05) is 13.8 Å². The zero-order valence-corrected chi connectivity index (χ0v) is 9.23. The van der Waals surface area contributed by atoms with E-state index in [9.17, 15) is 9.59 Å². The molecule has 2 amide bonds. The number of halogens is 2. The molecule has 0 aliphatic carbocycles. The maximum absolute atomic E-state index is 11.1. The molecule has 0 aromatic rings. The molecule has 0 spiro atoms. The van der Waals surface area contributed by atoms with Gasteiger partial charge in [0.2, 0.25) is 5.91 Å². The summed E-state index contributed by atoms with van der Waals surface area (Å²) < 4.78 is 0. The first-order valence-electron chi connectivity index (χ1n) is 4.04. The Hall–Kier alpha value is -0.280. The molecule has 0 atom stereocenters. The van der Waals surface area contributed by atoms with E-state index >= 15 is 0 Å². The number of amides is 2. The van der Waals surface area contributed by atoms with E-state index in [0.717, 1.165) is 11.3 Å². The van der Waals surface area contributed by atoms with Crippen LogP contribution >= 0.6 is 23.2 Å². The van der Waals surface area contributed by atoms with E-state index in [2.05, 4.69) is 0 Å². The van der Waals surface area contributed by atoms with Crippen molar-refractivity contribution in [3.05, 3.63) is 0 Å². The number of carbonyl (C=O) groups excluding carboxylic acids is 2. The first-order valence-corrected chi connectivity index (χ1v) is 4.96. The van der Waals surface area contributed by atoms with Crippen LogP contribution < -0.4 is 0 Å². The molecular weight excluding hydrogens is 213 g/mol. The molecule has 0 heterocycles. The molecule has 0 unspecified atom stereocenters. The van der Waals surface area contributed by atoms with E-state index < -0.39 is 11.3 Å². The summed E-state index contributed by atoms with van der Waals surface area (Å²) in [7, 11) is 0. The summed E-state index contributed by atoms with van der Waals surface area (Å²) in [5.74, 6) is -0.236. The number of alkyl halides is 1. The van der Waals surface area contributed by atoms with Crippen molar-refractivity contribution in [1.82, 2.24) is 4.90 Å². The summed E-state index contributed by atoms with van der Waals surface area (Å²) in [5, 5.41) is -0.758. The summed E-state index contributed by atoms with van der Waals surface area (Å²) >= 11 is 10.5. The van der Waals surface area contributed by atoms with Crippen molar-refractivity contribution in [3.8, 4) is 0 Å². The van der Waals surface area contributed by atoms with Crippen LogP contribution in [-0.2, 0) is 4.79 Å². The number of imide groups is 1. The van der Waals surface area contributed by atoms with E-state index in [1.807, 2.05) is 13.8 Å². The third-order valence-electron chi connectivity index (χ3n) is 1.56. The maximum Gasteiger partial charge on any atom is 0.323 e. The molecule has 0 bridgehead atoms. The third kappa shape index (κ3) is 5.11. The van der Waals surface area contributed by atoms with E-state index in [1.165, 1.54) is 0 Å². The molecule has 3 nitrogen and oxygen atoms in total. The van der Waals surface area contributed by atoms with Gasteiger partial charge in [0.15, 0.2) is 0 Å². The van der Waals surface area contributed by atoms with Crippen molar-refractivity contribution >= 4 is 34.5 Å². The van der Waals surface area contributed by atoms with Gasteiger partial charge in [0, 0.05) is 6.54 Å². The minimum Gasteiger partial charge on any atom is -0.273 e. The van der Waals surface area contributed by atoms with Crippen LogP contribution in [0.2, 0.25) is 0 Å². The summed E-state index contributed by atoms with van der Waals surface area (Å²) in [6.45, 7) is 4.34. The fourth-order valence-corrected chi connectivity index (χ4v) is 1.09. The molecule has 76 valence electrons. The smallest absolute Gasteiger partial charge is 0.273 e. The minimum absolute atomic E-state index is 0.212. The first kappa shape index (κ1) is 12.7. The number of hydrogen-bond donors (Lipinski definition) is 0. The molecule has 0 N–H and O–H groups in total. The summed E-state index contributed by atoms with van der Waals surface area (Å²) in [4.78, 5) is 22.8. The largest absolute Gasteiger partial charge is 0.323 e. The van der Waals surface area contributed by atoms with Crippen molar-refractivity contribution in [2.24, 2.45) is 5.92 Å². The lowest BCUT2D eigenvalue weighted by Crippen LogP contribution is -2.35. The number of carbonyl (C=O) groups is 2. The Morgan fingerprint density at radius 3 is 2.23 bits per heavy atom. The molecule has 0 saturated heterocycles. The quantitative estimate of drug-likeness (QED) is 0.419. The topological polar surface area (TPSA) is 37.4 Å². The van der Waals surface area contributed by atoms with Crippen molar-refractivity contribution in [2.45, 2.75) is 20.3 Å². The average molecular weight is 226 g/mol. The molecular formula is C8H13Cl2NO2. The molecule has 0 aliphatic heterocycles. The molecule has 0 rings (SSSR count). The third-order valence-corrected chi connectivity index (χ3v) is 1.99. The highest BCUT2D eigenvalue weighted by Crippen LogP contribution is 2.05. The Balaban J connectivity index is 4.11. The molecule has 5 heteroatoms. The lowest BCUT2D eigenvalue weighted by atomic mass is 10.1. The Kier molecular flexibility index (Phi) is 6.08. The van der Waals surface area contributed by atoms with E-state index in [4.69, 9.17) is 23.2 Å². The van der Waals surface area contributed by atoms with Gasteiger partial charge in [0.1, 0.15) is 5.88 Å². The first-order chi connectivity index (χ1) is 5.99. The highest BCUT2D eigenvalue weighted by molar-refractivity contribution is 6.64. The lowest BCUT2D eigenvalue weighted by Gasteiger charge is -2.17. The van der Waals surface area contributed by atoms with E-state index in [1.54, 1.807) is 0 Å². The van der Waals surface area contributed by atoms with Crippen molar-refractivity contribution in [1.29, 1.82) is 0 Å². The van der Waals surface area contributed by atoms with Gasteiger partial charge >= 0.3 is 5.37 Å². The van der Waals surface area contributed by atoms with Crippen LogP contribution in [0.3, 0.4) is 0 Å². The Labute approximate surface area is 88.0 Å². The van der Waals surface area contributed by atoms with Crippen LogP contribution in [0.15, 0.2) is 0 Å². The van der Waals surface area contributed by atoms with Crippen LogP contribution in [0.4, 0.5) is 4.79 Å². The number of nitrogens with zero attached hydrogens (tertiary/aromatic N) is 1. The van der Waals surface area contributed by atoms with Crippen LogP contribution in [0.25, 0.3) is 0 Å². The summed E-state index contributed by atoms with van der Waals surface area (Å²) in [6.07, 6.45) is 0.737. The average Bonchev–Trinajstić information content (AvgIpc) is 2.03. The molecule has 13 heavy (non-hydrogen) atoms. The highest BCUT2D eigenvalue weighted by atomic mass is 35.5. The molecule has 0 aromatic carbocycles. The van der Waals surface area contributed by atoms with E-state index in [0.29, 0.717) is 12.5 Å². The SMILES string of the molecule is CC(C)CCN(C(=O)Cl)C(=O)CCl. The maximum atomic E-state index is 11.1. The van der Waals surface area contributed by atoms with Crippen molar-refractivity contribution in [2.75, 3.05) is 12.4 Å². The zero-order valence-electron chi connectivity index (χ0n) is 7.72. The number of hydrogen-bond acceptors (Lipinski definition) is 2. The fraction of sp³-hybridized carbons (Fsp3) is 0.750. The van der Waals surface area contributed by atoms with Gasteiger partial charge in [-0.2, -0.15) is 0 Å². The van der Waals surface area contributed by atoms with Crippen LogP contribution in [-0.4, -0.2) is 28.6 Å². The van der Waals surface area contributed by atoms with Gasteiger partial charge in [-0.3, -0.25) is 14.5 Å². The van der Waals surface area contributed by atoms with Crippen LogP contribution in [0.5, 0.6) is 0 Å². The van der Waals surface area contributed by atoms with Crippen molar-refractivity contribution in [3.63, 3.8) is 0 Å². The summed E-state index contributed by atoms with van der Waals surface area (Å²) in [5.41, 5.74) is 0. The fourth-order valence-electron chi connectivity index (χ4n) is 0.770. The Bertz CT molecular complexity index is 195. The predicted octanol–water partition coefficient (Wildman–Crippen LogP) is 2.46. The Morgan fingerprint density at radius 1 is 1.38 bits per heavy atom. The monoisotopic (exact) mass is 225 g/mol. The molecule has 0 saturated carbocycles. The molecule has 0 radical (unpaired) electrons. The standard InChI is InChI=1S/C8H13Cl2NO2/c1-6(2)3-4-11(8(10)13)7(12)5-9/h6H,3-5H2,1-2H3. The zero-order chi connectivity index (χ0) is 10.4. The van der Waals surface area contributed by atoms with Gasteiger partial charge in [0.05, 0.1) is 0 Å². The second kappa shape index (κ2) is 6.22. The highest BCUT2D eigenvalue weighted by Gasteiger charge is 2.18. The second-order valence-electron chi connectivity index (χ2n) is 3.11.